The van der Waals surface area contributed by atoms with E-state index < -0.39 is 0 Å². The number of nitrogens with two attached hydrogens (primary N) is 1. The molecule has 0 fully saturated rings. The van der Waals surface area contributed by atoms with Crippen molar-refractivity contribution in [1.29, 1.82) is 0 Å². The van der Waals surface area contributed by atoms with E-state index in [1.165, 1.54) is 0 Å². The first kappa shape index (κ1) is 8.91. The van der Waals surface area contributed by atoms with Gasteiger partial charge >= 0.3 is 0 Å². The summed E-state index contributed by atoms with van der Waals surface area (Å²) in [5.74, 6) is 0.316. The van der Waals surface area contributed by atoms with Gasteiger partial charge in [0.15, 0.2) is 0 Å². The summed E-state index contributed by atoms with van der Waals surface area (Å²) < 4.78 is 4.88. The maximum absolute atomic E-state index is 5.52. The molecule has 4 nitrogen and oxygen atoms in total. The topological polar surface area (TPSA) is 64.9 Å². The van der Waals surface area contributed by atoms with E-state index in [-0.39, 0.29) is 0 Å². The van der Waals surface area contributed by atoms with Crippen LogP contribution in [-0.2, 0) is 0 Å². The lowest BCUT2D eigenvalue weighted by molar-refractivity contribution is 0.439. The summed E-state index contributed by atoms with van der Waals surface area (Å²) in [5, 5.41) is 4.95. The summed E-state index contributed by atoms with van der Waals surface area (Å²) in [7, 11) is 0. The van der Waals surface area contributed by atoms with Crippen molar-refractivity contribution in [3.8, 4) is 11.3 Å². The van der Waals surface area contributed by atoms with Gasteiger partial charge in [-0.1, -0.05) is 23.4 Å². The highest BCUT2D eigenvalue weighted by Gasteiger charge is 2.07. The molecule has 0 radical (unpaired) electrons. The highest BCUT2D eigenvalue weighted by atomic mass is 16.5. The lowest BCUT2D eigenvalue weighted by Crippen LogP contribution is -1.83. The molecule has 0 amide bonds. The van der Waals surface area contributed by atoms with E-state index >= 15 is 0 Å². The van der Waals surface area contributed by atoms with E-state index in [1.807, 2.05) is 30.3 Å². The van der Waals surface area contributed by atoms with Gasteiger partial charge < -0.3 is 10.3 Å². The number of nitrogen functional groups attached to an aromatic ring is 1. The Balaban J connectivity index is 2.31. The second-order valence-electron chi connectivity index (χ2n) is 3.49. The molecule has 0 bridgehead atoms. The van der Waals surface area contributed by atoms with Gasteiger partial charge in [0.2, 0.25) is 5.88 Å². The zero-order chi connectivity index (χ0) is 11.0. The first-order chi connectivity index (χ1) is 7.84. The standard InChI is InChI=1S/C12H9N3O/c13-12-7-11(15-16-12)9-3-1-5-10-8(9)4-2-6-14-10/h1-7H,13H2. The van der Waals surface area contributed by atoms with Crippen molar-refractivity contribution in [2.45, 2.75) is 0 Å². The predicted octanol–water partition coefficient (Wildman–Crippen LogP) is 2.47. The molecule has 2 aromatic heterocycles. The van der Waals surface area contributed by atoms with Crippen LogP contribution in [0.2, 0.25) is 0 Å². The number of nitrogens with zero attached hydrogens (tertiary/aromatic N) is 2. The second-order valence-corrected chi connectivity index (χ2v) is 3.49. The van der Waals surface area contributed by atoms with Crippen LogP contribution in [0.5, 0.6) is 0 Å². The summed E-state index contributed by atoms with van der Waals surface area (Å²) in [5.41, 5.74) is 8.16. The van der Waals surface area contributed by atoms with E-state index in [1.54, 1.807) is 12.3 Å². The third-order valence-corrected chi connectivity index (χ3v) is 2.45. The molecule has 78 valence electrons. The Morgan fingerprint density at radius 2 is 2.06 bits per heavy atom. The number of aromatic nitrogens is 2. The third kappa shape index (κ3) is 1.32. The minimum absolute atomic E-state index is 0.316. The second kappa shape index (κ2) is 3.34. The average Bonchev–Trinajstić information content (AvgIpc) is 2.75. The maximum Gasteiger partial charge on any atom is 0.222 e. The number of rotatable bonds is 1. The fraction of sp³-hybridized carbons (Fsp3) is 0. The molecule has 0 saturated heterocycles. The Bertz CT molecular complexity index is 640. The monoisotopic (exact) mass is 211 g/mol. The normalized spacial score (nSPS) is 10.8. The molecular formula is C12H9N3O. The zero-order valence-corrected chi connectivity index (χ0v) is 8.42. The minimum Gasteiger partial charge on any atom is -0.368 e. The molecule has 1 aromatic carbocycles. The summed E-state index contributed by atoms with van der Waals surface area (Å²) >= 11 is 0. The number of benzene rings is 1. The first-order valence-electron chi connectivity index (χ1n) is 4.91. The van der Waals surface area contributed by atoms with Gasteiger partial charge in [0.05, 0.1) is 5.52 Å². The number of hydrogen-bond donors (Lipinski definition) is 1. The number of fused-ring (bicyclic) bond motifs is 1. The SMILES string of the molecule is Nc1cc(-c2cccc3ncccc23)no1. The largest absolute Gasteiger partial charge is 0.368 e. The first-order valence-corrected chi connectivity index (χ1v) is 4.91. The van der Waals surface area contributed by atoms with E-state index in [0.29, 0.717) is 5.88 Å². The van der Waals surface area contributed by atoms with Crippen LogP contribution in [0.4, 0.5) is 5.88 Å². The number of anilines is 1. The van der Waals surface area contributed by atoms with Gasteiger partial charge in [0.1, 0.15) is 5.69 Å². The predicted molar refractivity (Wildman–Crippen MR) is 61.7 cm³/mol. The fourth-order valence-corrected chi connectivity index (χ4v) is 1.74. The quantitative estimate of drug-likeness (QED) is 0.671. The van der Waals surface area contributed by atoms with Gasteiger partial charge in [-0.15, -0.1) is 0 Å². The van der Waals surface area contributed by atoms with Crippen molar-refractivity contribution in [3.63, 3.8) is 0 Å². The highest BCUT2D eigenvalue weighted by Crippen LogP contribution is 2.27. The lowest BCUT2D eigenvalue weighted by Gasteiger charge is -2.01. The molecule has 0 aliphatic rings. The van der Waals surface area contributed by atoms with Crippen LogP contribution < -0.4 is 5.73 Å². The molecule has 0 aliphatic carbocycles. The van der Waals surface area contributed by atoms with E-state index in [0.717, 1.165) is 22.2 Å². The van der Waals surface area contributed by atoms with Crippen molar-refractivity contribution in [1.82, 2.24) is 10.1 Å². The summed E-state index contributed by atoms with van der Waals surface area (Å²) in [6, 6.07) is 11.5. The molecule has 0 atom stereocenters. The van der Waals surface area contributed by atoms with Crippen molar-refractivity contribution < 1.29 is 4.52 Å². The Morgan fingerprint density at radius 1 is 1.12 bits per heavy atom. The molecule has 0 spiro atoms. The Kier molecular flexibility index (Phi) is 1.86. The van der Waals surface area contributed by atoms with Gasteiger partial charge in [-0.05, 0) is 12.1 Å². The van der Waals surface area contributed by atoms with Crippen molar-refractivity contribution in [3.05, 3.63) is 42.6 Å². The van der Waals surface area contributed by atoms with Crippen LogP contribution in [0.1, 0.15) is 0 Å². The molecule has 2 heterocycles. The molecular weight excluding hydrogens is 202 g/mol. The molecule has 2 N–H and O–H groups in total. The fourth-order valence-electron chi connectivity index (χ4n) is 1.74. The summed E-state index contributed by atoms with van der Waals surface area (Å²) in [4.78, 5) is 4.28. The van der Waals surface area contributed by atoms with E-state index in [4.69, 9.17) is 10.3 Å². The van der Waals surface area contributed by atoms with Crippen LogP contribution in [-0.4, -0.2) is 10.1 Å². The average molecular weight is 211 g/mol. The highest BCUT2D eigenvalue weighted by molar-refractivity contribution is 5.93. The summed E-state index contributed by atoms with van der Waals surface area (Å²) in [6.45, 7) is 0. The molecule has 16 heavy (non-hydrogen) atoms. The maximum atomic E-state index is 5.52. The third-order valence-electron chi connectivity index (χ3n) is 2.45. The summed E-state index contributed by atoms with van der Waals surface area (Å²) in [6.07, 6.45) is 1.77. The smallest absolute Gasteiger partial charge is 0.222 e. The Hall–Kier alpha value is -2.36. The minimum atomic E-state index is 0.316. The van der Waals surface area contributed by atoms with Crippen LogP contribution in [0, 0.1) is 0 Å². The van der Waals surface area contributed by atoms with Gasteiger partial charge in [-0.25, -0.2) is 0 Å². The molecule has 0 unspecified atom stereocenters. The molecule has 4 heteroatoms. The van der Waals surface area contributed by atoms with E-state index in [9.17, 15) is 0 Å². The molecule has 3 rings (SSSR count). The van der Waals surface area contributed by atoms with Crippen molar-refractivity contribution in [2.24, 2.45) is 0 Å². The van der Waals surface area contributed by atoms with Crippen LogP contribution in [0.3, 0.4) is 0 Å². The zero-order valence-electron chi connectivity index (χ0n) is 8.42. The van der Waals surface area contributed by atoms with Gasteiger partial charge in [-0.3, -0.25) is 4.98 Å². The molecule has 3 aromatic rings. The lowest BCUT2D eigenvalue weighted by atomic mass is 10.1. The van der Waals surface area contributed by atoms with Gasteiger partial charge in [0.25, 0.3) is 0 Å². The van der Waals surface area contributed by atoms with Crippen LogP contribution in [0.15, 0.2) is 47.1 Å². The molecule has 0 saturated carbocycles. The molecule has 0 aliphatic heterocycles. The number of pyridine rings is 1. The van der Waals surface area contributed by atoms with Crippen LogP contribution in [0.25, 0.3) is 22.2 Å². The van der Waals surface area contributed by atoms with Crippen molar-refractivity contribution in [2.75, 3.05) is 5.73 Å². The van der Waals surface area contributed by atoms with Crippen molar-refractivity contribution >= 4 is 16.8 Å². The van der Waals surface area contributed by atoms with E-state index in [2.05, 4.69) is 10.1 Å². The Morgan fingerprint density at radius 3 is 2.88 bits per heavy atom. The van der Waals surface area contributed by atoms with Gasteiger partial charge in [-0.2, -0.15) is 0 Å². The number of hydrogen-bond acceptors (Lipinski definition) is 4. The van der Waals surface area contributed by atoms with Gasteiger partial charge in [0, 0.05) is 23.2 Å². The Labute approximate surface area is 91.7 Å². The van der Waals surface area contributed by atoms with Crippen LogP contribution >= 0.6 is 0 Å².